The van der Waals surface area contributed by atoms with Crippen LogP contribution >= 0.6 is 0 Å². The first-order valence-electron chi connectivity index (χ1n) is 4.08. The zero-order valence-corrected chi connectivity index (χ0v) is 8.19. The van der Waals surface area contributed by atoms with E-state index >= 15 is 0 Å². The number of hydrogen-bond donors (Lipinski definition) is 0. The van der Waals surface area contributed by atoms with Crippen LogP contribution in [0, 0.1) is 27.8 Å². The molecule has 0 bridgehead atoms. The van der Waals surface area contributed by atoms with Crippen LogP contribution in [0.4, 0.5) is 10.1 Å². The van der Waals surface area contributed by atoms with Gasteiger partial charge in [-0.3, -0.25) is 10.1 Å². The Morgan fingerprint density at radius 1 is 1.56 bits per heavy atom. The fourth-order valence-electron chi connectivity index (χ4n) is 0.937. The van der Waals surface area contributed by atoms with E-state index in [2.05, 4.69) is 10.7 Å². The van der Waals surface area contributed by atoms with Crippen LogP contribution in [0.5, 0.6) is 0 Å². The average Bonchev–Trinajstić information content (AvgIpc) is 2.25. The third kappa shape index (κ3) is 2.78. The molecule has 0 spiro atoms. The number of carbonyl (C=O) groups is 1. The molecule has 0 atom stereocenters. The molecule has 1 rings (SSSR count). The van der Waals surface area contributed by atoms with Gasteiger partial charge >= 0.3 is 5.97 Å². The van der Waals surface area contributed by atoms with Crippen molar-refractivity contribution in [1.29, 1.82) is 0 Å². The molecule has 5 nitrogen and oxygen atoms in total. The highest BCUT2D eigenvalue weighted by molar-refractivity contribution is 5.89. The van der Waals surface area contributed by atoms with Gasteiger partial charge in [-0.05, 0) is 18.1 Å². The average molecular weight is 223 g/mol. The van der Waals surface area contributed by atoms with Gasteiger partial charge in [-0.1, -0.05) is 0 Å². The molecule has 16 heavy (non-hydrogen) atoms. The lowest BCUT2D eigenvalue weighted by Gasteiger charge is -1.95. The van der Waals surface area contributed by atoms with E-state index in [1.807, 2.05) is 5.92 Å². The number of nitro benzene ring substituents is 1. The second-order valence-corrected chi connectivity index (χ2v) is 2.66. The minimum atomic E-state index is -0.849. The number of rotatable bonds is 1. The van der Waals surface area contributed by atoms with Crippen molar-refractivity contribution in [1.82, 2.24) is 0 Å². The Hall–Kier alpha value is -2.42. The van der Waals surface area contributed by atoms with Gasteiger partial charge in [-0.2, -0.15) is 0 Å². The zero-order chi connectivity index (χ0) is 12.1. The highest BCUT2D eigenvalue weighted by Gasteiger charge is 2.12. The molecular weight excluding hydrogens is 217 g/mol. The van der Waals surface area contributed by atoms with Crippen LogP contribution in [-0.4, -0.2) is 18.0 Å². The topological polar surface area (TPSA) is 69.4 Å². The summed E-state index contributed by atoms with van der Waals surface area (Å²) >= 11 is 0. The molecule has 0 aliphatic rings. The first-order chi connectivity index (χ1) is 7.54. The smallest absolute Gasteiger partial charge is 0.384 e. The molecule has 82 valence electrons. The third-order valence-electron chi connectivity index (χ3n) is 1.64. The lowest BCUT2D eigenvalue weighted by molar-refractivity contribution is -0.385. The Morgan fingerprint density at radius 3 is 2.81 bits per heavy atom. The maximum atomic E-state index is 12.8. The quantitative estimate of drug-likeness (QED) is 0.311. The molecule has 0 aromatic heterocycles. The van der Waals surface area contributed by atoms with E-state index in [9.17, 15) is 19.3 Å². The largest absolute Gasteiger partial charge is 0.459 e. The van der Waals surface area contributed by atoms with Crippen LogP contribution in [0.3, 0.4) is 0 Å². The van der Waals surface area contributed by atoms with E-state index < -0.39 is 16.7 Å². The number of esters is 1. The molecule has 0 N–H and O–H groups in total. The highest BCUT2D eigenvalue weighted by atomic mass is 19.1. The molecule has 1 aromatic carbocycles. The summed E-state index contributed by atoms with van der Waals surface area (Å²) in [5.41, 5.74) is -0.534. The van der Waals surface area contributed by atoms with Gasteiger partial charge in [0.1, 0.15) is 11.4 Å². The molecule has 0 heterocycles. The van der Waals surface area contributed by atoms with Gasteiger partial charge in [-0.15, -0.1) is 0 Å². The Bertz CT molecular complexity index is 501. The molecule has 0 aliphatic heterocycles. The molecular formula is C10H6FNO4. The van der Waals surface area contributed by atoms with Crippen molar-refractivity contribution in [3.8, 4) is 11.8 Å². The number of ether oxygens (including phenoxy) is 1. The SMILES string of the molecule is COC(=O)C#Cc1cc(F)ccc1[N+](=O)[O-]. The van der Waals surface area contributed by atoms with Gasteiger partial charge in [0.05, 0.1) is 12.0 Å². The number of carbonyl (C=O) groups excluding carboxylic acids is 1. The maximum Gasteiger partial charge on any atom is 0.384 e. The van der Waals surface area contributed by atoms with Crippen molar-refractivity contribution in [3.05, 3.63) is 39.7 Å². The number of benzene rings is 1. The third-order valence-corrected chi connectivity index (χ3v) is 1.64. The molecule has 0 aliphatic carbocycles. The number of halogens is 1. The van der Waals surface area contributed by atoms with Crippen molar-refractivity contribution in [3.63, 3.8) is 0 Å². The Kier molecular flexibility index (Phi) is 3.56. The summed E-state index contributed by atoms with van der Waals surface area (Å²) in [5.74, 6) is 2.65. The van der Waals surface area contributed by atoms with Crippen LogP contribution in [-0.2, 0) is 9.53 Å². The van der Waals surface area contributed by atoms with Gasteiger partial charge in [0.15, 0.2) is 0 Å². The van der Waals surface area contributed by atoms with E-state index in [4.69, 9.17) is 0 Å². The lowest BCUT2D eigenvalue weighted by Crippen LogP contribution is -1.96. The maximum absolute atomic E-state index is 12.8. The van der Waals surface area contributed by atoms with Crippen LogP contribution in [0.15, 0.2) is 18.2 Å². The van der Waals surface area contributed by atoms with E-state index in [1.54, 1.807) is 0 Å². The molecule has 6 heteroatoms. The van der Waals surface area contributed by atoms with Crippen molar-refractivity contribution in [2.24, 2.45) is 0 Å². The minimum Gasteiger partial charge on any atom is -0.459 e. The summed E-state index contributed by atoms with van der Waals surface area (Å²) in [6.07, 6.45) is 0. The van der Waals surface area contributed by atoms with Crippen LogP contribution in [0.25, 0.3) is 0 Å². The van der Waals surface area contributed by atoms with Crippen LogP contribution in [0.1, 0.15) is 5.56 Å². The predicted molar refractivity (Wildman–Crippen MR) is 51.9 cm³/mol. The van der Waals surface area contributed by atoms with Crippen LogP contribution in [0.2, 0.25) is 0 Å². The molecule has 0 unspecified atom stereocenters. The van der Waals surface area contributed by atoms with Gasteiger partial charge in [-0.25, -0.2) is 9.18 Å². The molecule has 0 radical (unpaired) electrons. The summed E-state index contributed by atoms with van der Waals surface area (Å²) in [4.78, 5) is 20.5. The molecule has 0 saturated heterocycles. The van der Waals surface area contributed by atoms with Crippen molar-refractivity contribution in [2.75, 3.05) is 7.11 Å². The lowest BCUT2D eigenvalue weighted by atomic mass is 10.2. The molecule has 0 fully saturated rings. The summed E-state index contributed by atoms with van der Waals surface area (Å²) in [6.45, 7) is 0. The summed E-state index contributed by atoms with van der Waals surface area (Å²) in [6, 6.07) is 2.81. The fourth-order valence-corrected chi connectivity index (χ4v) is 0.937. The van der Waals surface area contributed by atoms with Crippen LogP contribution < -0.4 is 0 Å². The van der Waals surface area contributed by atoms with E-state index in [0.29, 0.717) is 0 Å². The standard InChI is InChI=1S/C10H6FNO4/c1-16-10(13)5-2-7-6-8(11)3-4-9(7)12(14)15/h3-4,6H,1H3. The predicted octanol–water partition coefficient (Wildman–Crippen LogP) is 1.26. The van der Waals surface area contributed by atoms with Gasteiger partial charge in [0.2, 0.25) is 0 Å². The second-order valence-electron chi connectivity index (χ2n) is 2.66. The normalized spacial score (nSPS) is 8.88. The van der Waals surface area contributed by atoms with Gasteiger partial charge in [0, 0.05) is 12.0 Å². The monoisotopic (exact) mass is 223 g/mol. The van der Waals surface area contributed by atoms with Crippen molar-refractivity contribution in [2.45, 2.75) is 0 Å². The molecule has 0 saturated carbocycles. The fraction of sp³-hybridized carbons (Fsp3) is 0.100. The summed E-state index contributed by atoms with van der Waals surface area (Å²) in [7, 11) is 1.12. The van der Waals surface area contributed by atoms with E-state index in [-0.39, 0.29) is 11.3 Å². The minimum absolute atomic E-state index is 0.171. The Labute approximate surface area is 90.0 Å². The summed E-state index contributed by atoms with van der Waals surface area (Å²) in [5, 5.41) is 10.5. The molecule has 0 amide bonds. The van der Waals surface area contributed by atoms with E-state index in [1.165, 1.54) is 0 Å². The first-order valence-corrected chi connectivity index (χ1v) is 4.08. The van der Waals surface area contributed by atoms with Gasteiger partial charge < -0.3 is 4.74 Å². The Balaban J connectivity index is 3.19. The van der Waals surface area contributed by atoms with Gasteiger partial charge in [0.25, 0.3) is 5.69 Å². The second kappa shape index (κ2) is 4.89. The number of methoxy groups -OCH3 is 1. The summed E-state index contributed by atoms with van der Waals surface area (Å²) < 4.78 is 17.0. The highest BCUT2D eigenvalue weighted by Crippen LogP contribution is 2.18. The molecule has 1 aromatic rings. The van der Waals surface area contributed by atoms with Crippen molar-refractivity contribution >= 4 is 11.7 Å². The van der Waals surface area contributed by atoms with E-state index in [0.717, 1.165) is 25.3 Å². The zero-order valence-electron chi connectivity index (χ0n) is 8.19. The number of nitrogens with zero attached hydrogens (tertiary/aromatic N) is 1. The number of nitro groups is 1. The van der Waals surface area contributed by atoms with Crippen molar-refractivity contribution < 1.29 is 18.8 Å². The first kappa shape index (κ1) is 11.7. The number of hydrogen-bond acceptors (Lipinski definition) is 4. The Morgan fingerprint density at radius 2 is 2.25 bits per heavy atom.